The van der Waals surface area contributed by atoms with E-state index in [1.54, 1.807) is 0 Å². The van der Waals surface area contributed by atoms with Crippen molar-refractivity contribution in [3.63, 3.8) is 0 Å². The zero-order chi connectivity index (χ0) is 15.8. The van der Waals surface area contributed by atoms with Gasteiger partial charge >= 0.3 is 0 Å². The van der Waals surface area contributed by atoms with Crippen molar-refractivity contribution in [2.45, 2.75) is 19.4 Å². The van der Waals surface area contributed by atoms with Crippen LogP contribution in [0.2, 0.25) is 0 Å². The first-order valence-corrected chi connectivity index (χ1v) is 7.75. The zero-order valence-corrected chi connectivity index (χ0v) is 13.4. The number of hydrogen-bond donors (Lipinski definition) is 2. The van der Waals surface area contributed by atoms with E-state index in [2.05, 4.69) is 10.6 Å². The molecule has 2 aromatic rings. The summed E-state index contributed by atoms with van der Waals surface area (Å²) in [5, 5.41) is 5.91. The Morgan fingerprint density at radius 2 is 1.64 bits per heavy atom. The maximum atomic E-state index is 12.0. The van der Waals surface area contributed by atoms with Crippen molar-refractivity contribution in [1.29, 1.82) is 0 Å². The van der Waals surface area contributed by atoms with E-state index in [0.717, 1.165) is 12.0 Å². The summed E-state index contributed by atoms with van der Waals surface area (Å²) < 4.78 is 0. The second-order valence-electron chi connectivity index (χ2n) is 5.10. The van der Waals surface area contributed by atoms with Gasteiger partial charge in [0.1, 0.15) is 0 Å². The van der Waals surface area contributed by atoms with Gasteiger partial charge in [-0.1, -0.05) is 72.9 Å². The van der Waals surface area contributed by atoms with E-state index in [1.165, 1.54) is 5.56 Å². The number of hydrogen-bond acceptors (Lipinski definition) is 2. The molecule has 0 heterocycles. The summed E-state index contributed by atoms with van der Waals surface area (Å²) in [6, 6.07) is 20.0. The van der Waals surface area contributed by atoms with Gasteiger partial charge in [0.15, 0.2) is 4.99 Å². The van der Waals surface area contributed by atoms with Gasteiger partial charge in [-0.3, -0.25) is 4.79 Å². The molecule has 22 heavy (non-hydrogen) atoms. The van der Waals surface area contributed by atoms with Gasteiger partial charge in [-0.15, -0.1) is 0 Å². The highest BCUT2D eigenvalue weighted by Gasteiger charge is 2.12. The summed E-state index contributed by atoms with van der Waals surface area (Å²) in [7, 11) is 0. The molecule has 0 fully saturated rings. The SMILES string of the molecule is C[C@H](NC(=S)C(=O)NCCc1ccccc1)c1ccccc1. The molecule has 0 aliphatic carbocycles. The molecule has 2 aromatic carbocycles. The van der Waals surface area contributed by atoms with Crippen LogP contribution in [0.3, 0.4) is 0 Å². The van der Waals surface area contributed by atoms with Crippen LogP contribution in [-0.4, -0.2) is 17.4 Å². The largest absolute Gasteiger partial charge is 0.365 e. The van der Waals surface area contributed by atoms with Crippen LogP contribution in [0.1, 0.15) is 24.1 Å². The number of carbonyl (C=O) groups excluding carboxylic acids is 1. The van der Waals surface area contributed by atoms with Crippen LogP contribution in [-0.2, 0) is 11.2 Å². The predicted molar refractivity (Wildman–Crippen MR) is 93.7 cm³/mol. The van der Waals surface area contributed by atoms with E-state index < -0.39 is 0 Å². The van der Waals surface area contributed by atoms with Crippen molar-refractivity contribution in [1.82, 2.24) is 10.6 Å². The second-order valence-corrected chi connectivity index (χ2v) is 5.51. The Hall–Kier alpha value is -2.20. The molecule has 114 valence electrons. The summed E-state index contributed by atoms with van der Waals surface area (Å²) >= 11 is 5.16. The fraction of sp³-hybridized carbons (Fsp3) is 0.222. The standard InChI is InChI=1S/C18H20N2OS/c1-14(16-10-6-3-7-11-16)20-18(22)17(21)19-13-12-15-8-4-2-5-9-15/h2-11,14H,12-13H2,1H3,(H,19,21)(H,20,22)/t14-/m0/s1. The third-order valence-electron chi connectivity index (χ3n) is 3.40. The van der Waals surface area contributed by atoms with Crippen molar-refractivity contribution in [2.75, 3.05) is 6.54 Å². The van der Waals surface area contributed by atoms with Crippen LogP contribution in [0.5, 0.6) is 0 Å². The highest BCUT2D eigenvalue weighted by Crippen LogP contribution is 2.10. The molecule has 0 aromatic heterocycles. The molecule has 0 saturated carbocycles. The van der Waals surface area contributed by atoms with E-state index in [1.807, 2.05) is 67.6 Å². The van der Waals surface area contributed by atoms with Gasteiger partial charge in [0.2, 0.25) is 0 Å². The second kappa shape index (κ2) is 8.29. The Balaban J connectivity index is 1.76. The van der Waals surface area contributed by atoms with Crippen molar-refractivity contribution in [3.05, 3.63) is 71.8 Å². The molecule has 0 bridgehead atoms. The molecule has 1 atom stereocenters. The summed E-state index contributed by atoms with van der Waals surface area (Å²) in [5.74, 6) is -0.228. The van der Waals surface area contributed by atoms with Crippen LogP contribution in [0.4, 0.5) is 0 Å². The quantitative estimate of drug-likeness (QED) is 0.834. The molecular formula is C18H20N2OS. The Bertz CT molecular complexity index is 613. The monoisotopic (exact) mass is 312 g/mol. The minimum atomic E-state index is -0.228. The Labute approximate surface area is 136 Å². The fourth-order valence-electron chi connectivity index (χ4n) is 2.13. The van der Waals surface area contributed by atoms with Crippen molar-refractivity contribution in [2.24, 2.45) is 0 Å². The van der Waals surface area contributed by atoms with Gasteiger partial charge in [0.05, 0.1) is 0 Å². The predicted octanol–water partition coefficient (Wildman–Crippen LogP) is 3.02. The molecular weight excluding hydrogens is 292 g/mol. The summed E-state index contributed by atoms with van der Waals surface area (Å²) in [5.41, 5.74) is 2.29. The van der Waals surface area contributed by atoms with Gasteiger partial charge in [-0.05, 0) is 24.5 Å². The number of thiocarbonyl (C=S) groups is 1. The molecule has 2 rings (SSSR count). The highest BCUT2D eigenvalue weighted by atomic mass is 32.1. The average Bonchev–Trinajstić information content (AvgIpc) is 2.56. The molecule has 0 aliphatic rings. The lowest BCUT2D eigenvalue weighted by Crippen LogP contribution is -2.40. The molecule has 1 amide bonds. The number of carbonyl (C=O) groups is 1. The summed E-state index contributed by atoms with van der Waals surface area (Å²) in [4.78, 5) is 12.2. The van der Waals surface area contributed by atoms with Crippen molar-refractivity contribution < 1.29 is 4.79 Å². The summed E-state index contributed by atoms with van der Waals surface area (Å²) in [6.45, 7) is 2.56. The number of amides is 1. The maximum absolute atomic E-state index is 12.0. The van der Waals surface area contributed by atoms with Crippen molar-refractivity contribution >= 4 is 23.1 Å². The molecule has 0 spiro atoms. The van der Waals surface area contributed by atoms with Crippen LogP contribution in [0, 0.1) is 0 Å². The minimum absolute atomic E-state index is 0.00794. The lowest BCUT2D eigenvalue weighted by molar-refractivity contribution is -0.114. The van der Waals surface area contributed by atoms with Crippen molar-refractivity contribution in [3.8, 4) is 0 Å². The van der Waals surface area contributed by atoms with E-state index in [0.29, 0.717) is 6.54 Å². The average molecular weight is 312 g/mol. The summed E-state index contributed by atoms with van der Waals surface area (Å²) in [6.07, 6.45) is 0.795. The third-order valence-corrected chi connectivity index (χ3v) is 3.70. The van der Waals surface area contributed by atoms with E-state index in [-0.39, 0.29) is 16.9 Å². The van der Waals surface area contributed by atoms with Gasteiger partial charge < -0.3 is 10.6 Å². The normalized spacial score (nSPS) is 11.5. The van der Waals surface area contributed by atoms with Gasteiger partial charge in [0.25, 0.3) is 5.91 Å². The van der Waals surface area contributed by atoms with E-state index >= 15 is 0 Å². The molecule has 0 saturated heterocycles. The number of rotatable bonds is 5. The van der Waals surface area contributed by atoms with Crippen LogP contribution in [0.15, 0.2) is 60.7 Å². The lowest BCUT2D eigenvalue weighted by atomic mass is 10.1. The van der Waals surface area contributed by atoms with E-state index in [4.69, 9.17) is 12.2 Å². The first kappa shape index (κ1) is 16.2. The molecule has 3 nitrogen and oxygen atoms in total. The van der Waals surface area contributed by atoms with Crippen LogP contribution >= 0.6 is 12.2 Å². The number of nitrogens with one attached hydrogen (secondary N) is 2. The molecule has 0 radical (unpaired) electrons. The van der Waals surface area contributed by atoms with Gasteiger partial charge in [-0.2, -0.15) is 0 Å². The fourth-order valence-corrected chi connectivity index (χ4v) is 2.38. The minimum Gasteiger partial charge on any atom is -0.365 e. The van der Waals surface area contributed by atoms with E-state index in [9.17, 15) is 4.79 Å². The van der Waals surface area contributed by atoms with Gasteiger partial charge in [-0.25, -0.2) is 0 Å². The first-order chi connectivity index (χ1) is 10.7. The Morgan fingerprint density at radius 1 is 1.05 bits per heavy atom. The molecule has 0 unspecified atom stereocenters. The lowest BCUT2D eigenvalue weighted by Gasteiger charge is -2.16. The Morgan fingerprint density at radius 3 is 2.27 bits per heavy atom. The van der Waals surface area contributed by atoms with Gasteiger partial charge in [0, 0.05) is 12.6 Å². The zero-order valence-electron chi connectivity index (χ0n) is 12.6. The van der Waals surface area contributed by atoms with Crippen LogP contribution in [0.25, 0.3) is 0 Å². The number of benzene rings is 2. The third kappa shape index (κ3) is 4.97. The first-order valence-electron chi connectivity index (χ1n) is 7.34. The molecule has 0 aliphatic heterocycles. The smallest absolute Gasteiger partial charge is 0.278 e. The van der Waals surface area contributed by atoms with Crippen LogP contribution < -0.4 is 10.6 Å². The molecule has 2 N–H and O–H groups in total. The topological polar surface area (TPSA) is 41.1 Å². The molecule has 4 heteroatoms. The Kier molecular flexibility index (Phi) is 6.10. The maximum Gasteiger partial charge on any atom is 0.278 e. The highest BCUT2D eigenvalue weighted by molar-refractivity contribution is 7.82.